The number of aliphatic hydroxyl groups is 11. The summed E-state index contributed by atoms with van der Waals surface area (Å²) in [6.07, 6.45) is 19.0. The van der Waals surface area contributed by atoms with Crippen LogP contribution in [0.3, 0.4) is 0 Å². The molecule has 0 aliphatic carbocycles. The molecule has 464 valence electrons. The quantitative estimate of drug-likeness (QED) is 0.0248. The summed E-state index contributed by atoms with van der Waals surface area (Å²) in [5, 5.41) is 120. The molecular weight excluding hydrogens is 1020 g/mol. The van der Waals surface area contributed by atoms with Crippen LogP contribution >= 0.6 is 0 Å². The van der Waals surface area contributed by atoms with E-state index < -0.39 is 124 Å². The predicted octanol–water partition coefficient (Wildman–Crippen LogP) is 5.93. The Hall–Kier alpha value is -1.73. The van der Waals surface area contributed by atoms with Gasteiger partial charge >= 0.3 is 0 Å². The number of ether oxygens (including phenoxy) is 6. The third-order valence-corrected chi connectivity index (χ3v) is 15.7. The first-order valence-corrected chi connectivity index (χ1v) is 31.1. The average Bonchev–Trinajstić information content (AvgIpc) is 3.51. The smallest absolute Gasteiger partial charge is 0.220 e. The van der Waals surface area contributed by atoms with Crippen molar-refractivity contribution in [1.29, 1.82) is 0 Å². The maximum Gasteiger partial charge on any atom is 0.220 e. The Bertz CT molecular complexity index is 1540. The molecule has 3 rings (SSSR count). The van der Waals surface area contributed by atoms with E-state index >= 15 is 0 Å². The molecule has 0 radical (unpaired) electrons. The lowest BCUT2D eigenvalue weighted by Crippen LogP contribution is -2.66. The second kappa shape index (κ2) is 43.8. The summed E-state index contributed by atoms with van der Waals surface area (Å²) in [4.78, 5) is 13.3. The largest absolute Gasteiger partial charge is 0.394 e. The number of carbonyl (C=O) groups is 1. The summed E-state index contributed by atoms with van der Waals surface area (Å²) in [5.41, 5.74) is 0. The molecule has 3 fully saturated rings. The first-order chi connectivity index (χ1) is 38.3. The van der Waals surface area contributed by atoms with Gasteiger partial charge in [0.15, 0.2) is 18.9 Å². The average molecular weight is 1130 g/mol. The lowest BCUT2D eigenvalue weighted by atomic mass is 9.96. The van der Waals surface area contributed by atoms with Crippen molar-refractivity contribution >= 4 is 5.91 Å². The molecule has 17 unspecified atom stereocenters. The van der Waals surface area contributed by atoms with Gasteiger partial charge in [-0.15, -0.1) is 0 Å². The van der Waals surface area contributed by atoms with E-state index in [0.29, 0.717) is 6.42 Å². The molecule has 3 saturated heterocycles. The van der Waals surface area contributed by atoms with E-state index in [-0.39, 0.29) is 18.9 Å². The van der Waals surface area contributed by atoms with E-state index in [1.807, 2.05) is 6.08 Å². The second-order valence-electron chi connectivity index (χ2n) is 22.5. The van der Waals surface area contributed by atoms with Gasteiger partial charge < -0.3 is 89.9 Å². The number of hydrogen-bond donors (Lipinski definition) is 12. The molecule has 79 heavy (non-hydrogen) atoms. The van der Waals surface area contributed by atoms with Crippen LogP contribution < -0.4 is 5.32 Å². The van der Waals surface area contributed by atoms with Crippen LogP contribution in [0.1, 0.15) is 219 Å². The molecular formula is C60H111NO18. The lowest BCUT2D eigenvalue weighted by Gasteiger charge is -2.48. The van der Waals surface area contributed by atoms with Crippen LogP contribution in [0.25, 0.3) is 0 Å². The van der Waals surface area contributed by atoms with Gasteiger partial charge in [0, 0.05) is 6.42 Å². The highest BCUT2D eigenvalue weighted by Crippen LogP contribution is 2.33. The van der Waals surface area contributed by atoms with Crippen LogP contribution in [0.5, 0.6) is 0 Å². The number of carbonyl (C=O) groups excluding carboxylic acids is 1. The summed E-state index contributed by atoms with van der Waals surface area (Å²) in [5.74, 6) is -0.287. The predicted molar refractivity (Wildman–Crippen MR) is 300 cm³/mol. The molecule has 1 amide bonds. The van der Waals surface area contributed by atoms with Crippen LogP contribution in [-0.4, -0.2) is 193 Å². The van der Waals surface area contributed by atoms with Gasteiger partial charge in [-0.1, -0.05) is 199 Å². The highest BCUT2D eigenvalue weighted by molar-refractivity contribution is 5.76. The zero-order valence-electron chi connectivity index (χ0n) is 48.4. The molecule has 0 aromatic rings. The van der Waals surface area contributed by atoms with E-state index in [0.717, 1.165) is 70.6 Å². The fourth-order valence-corrected chi connectivity index (χ4v) is 10.6. The van der Waals surface area contributed by atoms with Gasteiger partial charge in [0.1, 0.15) is 73.2 Å². The van der Waals surface area contributed by atoms with E-state index in [1.54, 1.807) is 6.08 Å². The molecule has 3 aliphatic rings. The molecule has 0 saturated carbocycles. The minimum atomic E-state index is -1.98. The Kier molecular flexibility index (Phi) is 39.7. The molecule has 19 heteroatoms. The molecule has 0 bridgehead atoms. The lowest BCUT2D eigenvalue weighted by molar-refractivity contribution is -0.379. The van der Waals surface area contributed by atoms with Gasteiger partial charge in [0.05, 0.1) is 38.6 Å². The van der Waals surface area contributed by atoms with E-state index in [1.165, 1.54) is 122 Å². The number of allylic oxidation sites excluding steroid dienone is 3. The maximum absolute atomic E-state index is 13.3. The number of hydrogen-bond acceptors (Lipinski definition) is 18. The minimum absolute atomic E-state index is 0.233. The van der Waals surface area contributed by atoms with Crippen molar-refractivity contribution in [3.05, 3.63) is 24.3 Å². The van der Waals surface area contributed by atoms with Crippen molar-refractivity contribution in [2.45, 2.75) is 324 Å². The summed E-state index contributed by atoms with van der Waals surface area (Å²) in [7, 11) is 0. The van der Waals surface area contributed by atoms with Crippen LogP contribution in [-0.2, 0) is 33.2 Å². The zero-order valence-corrected chi connectivity index (χ0v) is 48.4. The Labute approximate surface area is 473 Å². The standard InChI is InChI=1S/C60H111NO18/c1-3-5-7-9-11-13-15-16-17-18-19-20-21-22-23-24-25-26-27-28-29-31-33-35-37-44(65)43(61-48(66)38-36-34-32-30-14-12-10-8-6-4-2)42-74-58-54(72)51(69)56(46(40-63)76-58)79-60-55(73)52(70)57(47(41-64)77-60)78-59-53(71)50(68)49(67)45(39-62)75-59/h8,10,35,37,43-47,49-60,62-65,67-73H,3-7,9,11-34,36,38-42H2,1-2H3,(H,61,66)/b10-8-,37-35+. The normalized spacial score (nSPS) is 30.4. The van der Waals surface area contributed by atoms with Crippen LogP contribution in [0, 0.1) is 0 Å². The van der Waals surface area contributed by atoms with Crippen molar-refractivity contribution in [2.75, 3.05) is 26.4 Å². The molecule has 0 aromatic carbocycles. The monoisotopic (exact) mass is 1130 g/mol. The summed E-state index contributed by atoms with van der Waals surface area (Å²) in [6, 6.07) is -0.974. The molecule has 3 heterocycles. The molecule has 0 spiro atoms. The number of unbranched alkanes of at least 4 members (excludes halogenated alkanes) is 28. The Morgan fingerprint density at radius 3 is 1.28 bits per heavy atom. The van der Waals surface area contributed by atoms with Gasteiger partial charge in [-0.3, -0.25) is 4.79 Å². The Morgan fingerprint density at radius 1 is 0.443 bits per heavy atom. The Balaban J connectivity index is 1.45. The van der Waals surface area contributed by atoms with Gasteiger partial charge in [0.25, 0.3) is 0 Å². The van der Waals surface area contributed by atoms with Crippen LogP contribution in [0.2, 0.25) is 0 Å². The molecule has 12 N–H and O–H groups in total. The number of aliphatic hydroxyl groups excluding tert-OH is 11. The van der Waals surface area contributed by atoms with Crippen molar-refractivity contribution in [3.8, 4) is 0 Å². The van der Waals surface area contributed by atoms with Gasteiger partial charge in [0.2, 0.25) is 5.91 Å². The number of rotatable bonds is 46. The van der Waals surface area contributed by atoms with Gasteiger partial charge in [-0.05, 0) is 38.5 Å². The molecule has 0 aromatic heterocycles. The second-order valence-corrected chi connectivity index (χ2v) is 22.5. The van der Waals surface area contributed by atoms with Crippen LogP contribution in [0.15, 0.2) is 24.3 Å². The fraction of sp³-hybridized carbons (Fsp3) is 0.917. The fourth-order valence-electron chi connectivity index (χ4n) is 10.6. The third kappa shape index (κ3) is 27.7. The zero-order chi connectivity index (χ0) is 57.6. The third-order valence-electron chi connectivity index (χ3n) is 15.7. The van der Waals surface area contributed by atoms with Crippen LogP contribution in [0.4, 0.5) is 0 Å². The first kappa shape index (κ1) is 71.5. The minimum Gasteiger partial charge on any atom is -0.394 e. The summed E-state index contributed by atoms with van der Waals surface area (Å²) >= 11 is 0. The summed E-state index contributed by atoms with van der Waals surface area (Å²) in [6.45, 7) is 1.65. The Morgan fingerprint density at radius 2 is 0.823 bits per heavy atom. The SMILES string of the molecule is CCC/C=C\CCCCCCCC(=O)NC(COC1OC(CO)C(OC2OC(CO)C(OC3OC(CO)C(O)C(O)C3O)C(O)C2O)C(O)C1O)C(O)/C=C/CCCCCCCCCCCCCCCCCCCCCCCC. The maximum atomic E-state index is 13.3. The first-order valence-electron chi connectivity index (χ1n) is 31.1. The highest BCUT2D eigenvalue weighted by atomic mass is 16.8. The molecule has 19 nitrogen and oxygen atoms in total. The highest BCUT2D eigenvalue weighted by Gasteiger charge is 2.53. The van der Waals surface area contributed by atoms with Crippen molar-refractivity contribution < 1.29 is 89.4 Å². The summed E-state index contributed by atoms with van der Waals surface area (Å²) < 4.78 is 34.2. The van der Waals surface area contributed by atoms with E-state index in [4.69, 9.17) is 28.4 Å². The van der Waals surface area contributed by atoms with Crippen molar-refractivity contribution in [3.63, 3.8) is 0 Å². The number of amides is 1. The van der Waals surface area contributed by atoms with Gasteiger partial charge in [-0.25, -0.2) is 0 Å². The van der Waals surface area contributed by atoms with Crippen molar-refractivity contribution in [2.24, 2.45) is 0 Å². The topological polar surface area (TPSA) is 307 Å². The van der Waals surface area contributed by atoms with E-state index in [9.17, 15) is 61.0 Å². The van der Waals surface area contributed by atoms with Gasteiger partial charge in [-0.2, -0.15) is 0 Å². The molecule has 17 atom stereocenters. The van der Waals surface area contributed by atoms with E-state index in [2.05, 4.69) is 31.3 Å². The number of nitrogens with one attached hydrogen (secondary N) is 1. The molecule has 3 aliphatic heterocycles. The van der Waals surface area contributed by atoms with Crippen molar-refractivity contribution in [1.82, 2.24) is 5.32 Å².